The van der Waals surface area contributed by atoms with Crippen LogP contribution in [0.25, 0.3) is 0 Å². The summed E-state index contributed by atoms with van der Waals surface area (Å²) in [5.41, 5.74) is 0.944. The summed E-state index contributed by atoms with van der Waals surface area (Å²) >= 11 is 0. The second-order valence-electron chi connectivity index (χ2n) is 5.52. The van der Waals surface area contributed by atoms with Gasteiger partial charge in [-0.1, -0.05) is 0 Å². The van der Waals surface area contributed by atoms with Crippen LogP contribution in [0, 0.1) is 0 Å². The van der Waals surface area contributed by atoms with E-state index < -0.39 is 5.60 Å². The van der Waals surface area contributed by atoms with Crippen molar-refractivity contribution in [2.45, 2.75) is 39.4 Å². The Bertz CT molecular complexity index is 463. The normalized spacial score (nSPS) is 18.3. The molecule has 1 aliphatic rings. The van der Waals surface area contributed by atoms with Gasteiger partial charge in [0.15, 0.2) is 0 Å². The van der Waals surface area contributed by atoms with Gasteiger partial charge in [-0.2, -0.15) is 0 Å². The predicted molar refractivity (Wildman–Crippen MR) is 70.2 cm³/mol. The van der Waals surface area contributed by atoms with Crippen LogP contribution in [0.15, 0.2) is 18.2 Å². The minimum atomic E-state index is -0.487. The van der Waals surface area contributed by atoms with Gasteiger partial charge >= 0.3 is 5.97 Å². The number of esters is 1. The fourth-order valence-corrected chi connectivity index (χ4v) is 1.74. The molecule has 1 unspecified atom stereocenters. The molecule has 1 aliphatic heterocycles. The van der Waals surface area contributed by atoms with Crippen molar-refractivity contribution in [3.05, 3.63) is 23.8 Å². The highest BCUT2D eigenvalue weighted by atomic mass is 16.6. The molecule has 1 N–H and O–H groups in total. The molecule has 4 heteroatoms. The lowest BCUT2D eigenvalue weighted by Crippen LogP contribution is -2.28. The Kier molecular flexibility index (Phi) is 3.20. The highest BCUT2D eigenvalue weighted by Gasteiger charge is 2.21. The first-order valence-electron chi connectivity index (χ1n) is 6.13. The van der Waals surface area contributed by atoms with Crippen molar-refractivity contribution in [2.24, 2.45) is 0 Å². The smallest absolute Gasteiger partial charge is 0.338 e. The quantitative estimate of drug-likeness (QED) is 0.777. The predicted octanol–water partition coefficient (Wildman–Crippen LogP) is 2.83. The van der Waals surface area contributed by atoms with Gasteiger partial charge in [-0.15, -0.1) is 0 Å². The number of ether oxygens (including phenoxy) is 2. The first-order valence-corrected chi connectivity index (χ1v) is 6.13. The standard InChI is InChI=1S/C14H19NO3/c1-9-8-15-11-6-5-10(7-12(11)17-9)13(16)18-14(2,3)4/h5-7,9,15H,8H2,1-4H3. The summed E-state index contributed by atoms with van der Waals surface area (Å²) in [7, 11) is 0. The summed E-state index contributed by atoms with van der Waals surface area (Å²) in [5.74, 6) is 0.379. The molecular formula is C14H19NO3. The maximum absolute atomic E-state index is 11.9. The fourth-order valence-electron chi connectivity index (χ4n) is 1.74. The SMILES string of the molecule is CC1CNc2ccc(C(=O)OC(C)(C)C)cc2O1. The average molecular weight is 249 g/mol. The summed E-state index contributed by atoms with van der Waals surface area (Å²) in [5, 5.41) is 3.25. The number of rotatable bonds is 1. The number of nitrogens with one attached hydrogen (secondary N) is 1. The van der Waals surface area contributed by atoms with Crippen molar-refractivity contribution >= 4 is 11.7 Å². The van der Waals surface area contributed by atoms with Crippen molar-refractivity contribution in [1.29, 1.82) is 0 Å². The van der Waals surface area contributed by atoms with Crippen LogP contribution >= 0.6 is 0 Å². The summed E-state index contributed by atoms with van der Waals surface area (Å²) in [6.45, 7) is 8.31. The largest absolute Gasteiger partial charge is 0.487 e. The van der Waals surface area contributed by atoms with Crippen LogP contribution in [0.1, 0.15) is 38.1 Å². The van der Waals surface area contributed by atoms with E-state index >= 15 is 0 Å². The molecule has 98 valence electrons. The molecule has 0 aliphatic carbocycles. The van der Waals surface area contributed by atoms with E-state index in [0.29, 0.717) is 11.3 Å². The van der Waals surface area contributed by atoms with Crippen LogP contribution in [-0.4, -0.2) is 24.2 Å². The Morgan fingerprint density at radius 2 is 2.17 bits per heavy atom. The van der Waals surface area contributed by atoms with Gasteiger partial charge in [0.2, 0.25) is 0 Å². The molecule has 0 fully saturated rings. The first kappa shape index (κ1) is 12.7. The number of carbonyl (C=O) groups excluding carboxylic acids is 1. The lowest BCUT2D eigenvalue weighted by molar-refractivity contribution is 0.00689. The molecule has 0 amide bonds. The molecule has 1 heterocycles. The summed E-state index contributed by atoms with van der Waals surface area (Å²) < 4.78 is 11.0. The molecule has 1 aromatic rings. The number of carbonyl (C=O) groups is 1. The molecule has 1 atom stereocenters. The van der Waals surface area contributed by atoms with Gasteiger partial charge in [0, 0.05) is 0 Å². The molecule has 0 bridgehead atoms. The molecular weight excluding hydrogens is 230 g/mol. The molecule has 0 aromatic heterocycles. The van der Waals surface area contributed by atoms with Gasteiger partial charge in [-0.05, 0) is 45.9 Å². The third-order valence-corrected chi connectivity index (χ3v) is 2.52. The van der Waals surface area contributed by atoms with Crippen LogP contribution < -0.4 is 10.1 Å². The lowest BCUT2D eigenvalue weighted by atomic mass is 10.1. The van der Waals surface area contributed by atoms with Crippen LogP contribution in [0.4, 0.5) is 5.69 Å². The second-order valence-corrected chi connectivity index (χ2v) is 5.52. The zero-order valence-corrected chi connectivity index (χ0v) is 11.2. The number of hydrogen-bond acceptors (Lipinski definition) is 4. The average Bonchev–Trinajstić information content (AvgIpc) is 2.25. The minimum absolute atomic E-state index is 0.103. The molecule has 2 rings (SSSR count). The van der Waals surface area contributed by atoms with E-state index in [9.17, 15) is 4.79 Å². The van der Waals surface area contributed by atoms with Gasteiger partial charge in [0.1, 0.15) is 17.5 Å². The highest BCUT2D eigenvalue weighted by molar-refractivity contribution is 5.91. The number of fused-ring (bicyclic) bond motifs is 1. The van der Waals surface area contributed by atoms with E-state index in [1.807, 2.05) is 33.8 Å². The summed E-state index contributed by atoms with van der Waals surface area (Å²) in [4.78, 5) is 11.9. The van der Waals surface area contributed by atoms with Crippen molar-refractivity contribution in [3.63, 3.8) is 0 Å². The van der Waals surface area contributed by atoms with Gasteiger partial charge in [-0.3, -0.25) is 0 Å². The third kappa shape index (κ3) is 2.94. The van der Waals surface area contributed by atoms with Gasteiger partial charge in [-0.25, -0.2) is 4.79 Å². The molecule has 0 saturated heterocycles. The molecule has 4 nitrogen and oxygen atoms in total. The molecule has 1 aromatic carbocycles. The van der Waals surface area contributed by atoms with E-state index in [0.717, 1.165) is 12.2 Å². The Morgan fingerprint density at radius 1 is 1.44 bits per heavy atom. The van der Waals surface area contributed by atoms with Crippen LogP contribution in [0.3, 0.4) is 0 Å². The number of benzene rings is 1. The first-order chi connectivity index (χ1) is 8.35. The van der Waals surface area contributed by atoms with E-state index in [2.05, 4.69) is 5.32 Å². The van der Waals surface area contributed by atoms with Crippen LogP contribution in [0.5, 0.6) is 5.75 Å². The van der Waals surface area contributed by atoms with Crippen LogP contribution in [-0.2, 0) is 4.74 Å². The van der Waals surface area contributed by atoms with E-state index in [4.69, 9.17) is 9.47 Å². The van der Waals surface area contributed by atoms with Crippen molar-refractivity contribution in [1.82, 2.24) is 0 Å². The second kappa shape index (κ2) is 4.52. The number of anilines is 1. The van der Waals surface area contributed by atoms with Crippen molar-refractivity contribution < 1.29 is 14.3 Å². The molecule has 0 spiro atoms. The molecule has 0 saturated carbocycles. The monoisotopic (exact) mass is 249 g/mol. The Morgan fingerprint density at radius 3 is 2.83 bits per heavy atom. The summed E-state index contributed by atoms with van der Waals surface area (Å²) in [6, 6.07) is 5.33. The van der Waals surface area contributed by atoms with Gasteiger partial charge < -0.3 is 14.8 Å². The van der Waals surface area contributed by atoms with Gasteiger partial charge in [0.25, 0.3) is 0 Å². The minimum Gasteiger partial charge on any atom is -0.487 e. The topological polar surface area (TPSA) is 47.6 Å². The highest BCUT2D eigenvalue weighted by Crippen LogP contribution is 2.30. The van der Waals surface area contributed by atoms with E-state index in [1.54, 1.807) is 12.1 Å². The third-order valence-electron chi connectivity index (χ3n) is 2.52. The Balaban J connectivity index is 2.20. The van der Waals surface area contributed by atoms with Gasteiger partial charge in [0.05, 0.1) is 17.8 Å². The fraction of sp³-hybridized carbons (Fsp3) is 0.500. The van der Waals surface area contributed by atoms with Crippen LogP contribution in [0.2, 0.25) is 0 Å². The Hall–Kier alpha value is -1.71. The van der Waals surface area contributed by atoms with Crippen molar-refractivity contribution in [3.8, 4) is 5.75 Å². The Labute approximate surface area is 107 Å². The zero-order valence-electron chi connectivity index (χ0n) is 11.2. The molecule has 18 heavy (non-hydrogen) atoms. The van der Waals surface area contributed by atoms with E-state index in [1.165, 1.54) is 0 Å². The lowest BCUT2D eigenvalue weighted by Gasteiger charge is -2.25. The van der Waals surface area contributed by atoms with E-state index in [-0.39, 0.29) is 12.1 Å². The zero-order chi connectivity index (χ0) is 13.3. The molecule has 0 radical (unpaired) electrons. The summed E-state index contributed by atoms with van der Waals surface area (Å²) in [6.07, 6.45) is 0.103. The maximum Gasteiger partial charge on any atom is 0.338 e. The number of hydrogen-bond donors (Lipinski definition) is 1. The van der Waals surface area contributed by atoms with Crippen molar-refractivity contribution in [2.75, 3.05) is 11.9 Å². The maximum atomic E-state index is 11.9.